The van der Waals surface area contributed by atoms with E-state index in [-0.39, 0.29) is 11.9 Å². The summed E-state index contributed by atoms with van der Waals surface area (Å²) in [6.45, 7) is 5.84. The molecule has 3 aromatic rings. The van der Waals surface area contributed by atoms with Crippen LogP contribution in [0.15, 0.2) is 48.7 Å². The Morgan fingerprint density at radius 3 is 2.77 bits per heavy atom. The number of aromatic nitrogens is 2. The zero-order valence-electron chi connectivity index (χ0n) is 15.3. The molecule has 0 spiro atoms. The zero-order valence-corrected chi connectivity index (χ0v) is 15.3. The van der Waals surface area contributed by atoms with E-state index >= 15 is 0 Å². The van der Waals surface area contributed by atoms with Crippen LogP contribution in [-0.2, 0) is 6.54 Å². The van der Waals surface area contributed by atoms with Gasteiger partial charge in [-0.15, -0.1) is 0 Å². The largest absolute Gasteiger partial charge is 0.481 e. The van der Waals surface area contributed by atoms with E-state index in [2.05, 4.69) is 41.7 Å². The lowest BCUT2D eigenvalue weighted by Gasteiger charge is -2.39. The van der Waals surface area contributed by atoms with Crippen molar-refractivity contribution in [1.29, 1.82) is 0 Å². The van der Waals surface area contributed by atoms with Gasteiger partial charge in [-0.2, -0.15) is 0 Å². The molecular weight excluding hydrogens is 326 g/mol. The molecule has 134 valence electrons. The fourth-order valence-corrected chi connectivity index (χ4v) is 3.93. The van der Waals surface area contributed by atoms with Gasteiger partial charge in [-0.05, 0) is 24.1 Å². The number of benzene rings is 1. The Hall–Kier alpha value is -2.82. The molecule has 0 saturated heterocycles. The Kier molecular flexibility index (Phi) is 4.15. The summed E-state index contributed by atoms with van der Waals surface area (Å²) in [6, 6.07) is 13.7. The molecule has 1 aliphatic rings. The third-order valence-electron chi connectivity index (χ3n) is 5.11. The molecule has 4 rings (SSSR count). The van der Waals surface area contributed by atoms with Crippen molar-refractivity contribution in [3.8, 4) is 5.88 Å². The average Bonchev–Trinajstić information content (AvgIpc) is 3.14. The molecule has 1 amide bonds. The highest BCUT2D eigenvalue weighted by atomic mass is 16.5. The second-order valence-corrected chi connectivity index (χ2v) is 7.04. The van der Waals surface area contributed by atoms with Gasteiger partial charge in [0.05, 0.1) is 24.2 Å². The predicted octanol–water partition coefficient (Wildman–Crippen LogP) is 3.90. The van der Waals surface area contributed by atoms with E-state index in [1.807, 2.05) is 29.2 Å². The van der Waals surface area contributed by atoms with Gasteiger partial charge in [0.15, 0.2) is 0 Å². The molecule has 1 unspecified atom stereocenters. The van der Waals surface area contributed by atoms with E-state index < -0.39 is 0 Å². The van der Waals surface area contributed by atoms with Crippen molar-refractivity contribution in [3.05, 3.63) is 59.9 Å². The van der Waals surface area contributed by atoms with E-state index in [0.717, 1.165) is 17.4 Å². The number of fused-ring (bicyclic) bond motifs is 2. The summed E-state index contributed by atoms with van der Waals surface area (Å²) in [4.78, 5) is 20.0. The summed E-state index contributed by atoms with van der Waals surface area (Å²) in [7, 11) is 1.58. The molecule has 2 aromatic heterocycles. The standard InChI is InChI=1S/C21H23N3O2/c1-14(2)20-18-9-6-10-23(18)11-12-24(20)21(25)16-13-19(26-3)22-17-8-5-4-7-15(16)17/h4-10,13-14,20H,11-12H2,1-3H3. The highest BCUT2D eigenvalue weighted by molar-refractivity contribution is 6.06. The smallest absolute Gasteiger partial charge is 0.255 e. The number of pyridine rings is 1. The van der Waals surface area contributed by atoms with Gasteiger partial charge in [-0.3, -0.25) is 4.79 Å². The van der Waals surface area contributed by atoms with Gasteiger partial charge in [-0.1, -0.05) is 32.0 Å². The molecule has 5 heteroatoms. The Balaban J connectivity index is 1.82. The monoisotopic (exact) mass is 349 g/mol. The van der Waals surface area contributed by atoms with Crippen LogP contribution in [0.4, 0.5) is 0 Å². The van der Waals surface area contributed by atoms with Gasteiger partial charge >= 0.3 is 0 Å². The summed E-state index contributed by atoms with van der Waals surface area (Å²) in [5.41, 5.74) is 2.62. The van der Waals surface area contributed by atoms with Gasteiger partial charge in [0.25, 0.3) is 5.91 Å². The number of para-hydroxylation sites is 1. The van der Waals surface area contributed by atoms with Crippen molar-refractivity contribution in [2.45, 2.75) is 26.4 Å². The molecule has 26 heavy (non-hydrogen) atoms. The number of hydrogen-bond donors (Lipinski definition) is 0. The molecular formula is C21H23N3O2. The van der Waals surface area contributed by atoms with Crippen molar-refractivity contribution in [2.75, 3.05) is 13.7 Å². The molecule has 1 atom stereocenters. The number of carbonyl (C=O) groups excluding carboxylic acids is 1. The first-order chi connectivity index (χ1) is 12.6. The van der Waals surface area contributed by atoms with E-state index in [1.165, 1.54) is 5.69 Å². The maximum Gasteiger partial charge on any atom is 0.255 e. The minimum absolute atomic E-state index is 0.0352. The molecule has 3 heterocycles. The van der Waals surface area contributed by atoms with Crippen LogP contribution in [0, 0.1) is 5.92 Å². The summed E-state index contributed by atoms with van der Waals surface area (Å²) in [5, 5.41) is 0.863. The molecule has 5 nitrogen and oxygen atoms in total. The molecule has 0 bridgehead atoms. The Morgan fingerprint density at radius 2 is 2.00 bits per heavy atom. The number of methoxy groups -OCH3 is 1. The number of rotatable bonds is 3. The van der Waals surface area contributed by atoms with E-state index in [9.17, 15) is 4.79 Å². The van der Waals surface area contributed by atoms with Crippen molar-refractivity contribution in [3.63, 3.8) is 0 Å². The van der Waals surface area contributed by atoms with Crippen molar-refractivity contribution >= 4 is 16.8 Å². The quantitative estimate of drug-likeness (QED) is 0.720. The topological polar surface area (TPSA) is 47.4 Å². The lowest BCUT2D eigenvalue weighted by Crippen LogP contribution is -2.44. The average molecular weight is 349 g/mol. The number of ether oxygens (including phenoxy) is 1. The number of carbonyl (C=O) groups is 1. The van der Waals surface area contributed by atoms with E-state index in [0.29, 0.717) is 23.9 Å². The van der Waals surface area contributed by atoms with Crippen LogP contribution < -0.4 is 4.74 Å². The van der Waals surface area contributed by atoms with Crippen LogP contribution in [0.3, 0.4) is 0 Å². The van der Waals surface area contributed by atoms with Crippen LogP contribution in [0.5, 0.6) is 5.88 Å². The lowest BCUT2D eigenvalue weighted by atomic mass is 9.95. The molecule has 0 radical (unpaired) electrons. The van der Waals surface area contributed by atoms with Crippen LogP contribution in [0.2, 0.25) is 0 Å². The van der Waals surface area contributed by atoms with Crippen LogP contribution in [0.1, 0.15) is 35.9 Å². The van der Waals surface area contributed by atoms with Gasteiger partial charge in [0, 0.05) is 36.4 Å². The first kappa shape index (κ1) is 16.6. The lowest BCUT2D eigenvalue weighted by molar-refractivity contribution is 0.0558. The molecule has 0 aliphatic carbocycles. The van der Waals surface area contributed by atoms with Gasteiger partial charge < -0.3 is 14.2 Å². The third kappa shape index (κ3) is 2.64. The molecule has 1 aliphatic heterocycles. The number of nitrogens with zero attached hydrogens (tertiary/aromatic N) is 3. The molecule has 1 aromatic carbocycles. The summed E-state index contributed by atoms with van der Waals surface area (Å²) >= 11 is 0. The Labute approximate surface area is 153 Å². The van der Waals surface area contributed by atoms with Gasteiger partial charge in [0.1, 0.15) is 0 Å². The normalized spacial score (nSPS) is 16.8. The number of amides is 1. The third-order valence-corrected chi connectivity index (χ3v) is 5.11. The van der Waals surface area contributed by atoms with Crippen molar-refractivity contribution in [1.82, 2.24) is 14.5 Å². The predicted molar refractivity (Wildman–Crippen MR) is 101 cm³/mol. The summed E-state index contributed by atoms with van der Waals surface area (Å²) < 4.78 is 7.58. The van der Waals surface area contributed by atoms with Crippen LogP contribution in [-0.4, -0.2) is 34.0 Å². The SMILES string of the molecule is COc1cc(C(=O)N2CCn3cccc3C2C(C)C)c2ccccc2n1. The first-order valence-corrected chi connectivity index (χ1v) is 9.00. The summed E-state index contributed by atoms with van der Waals surface area (Å²) in [5.74, 6) is 0.824. The van der Waals surface area contributed by atoms with Gasteiger partial charge in [-0.25, -0.2) is 4.98 Å². The number of hydrogen-bond acceptors (Lipinski definition) is 3. The fraction of sp³-hybridized carbons (Fsp3) is 0.333. The maximum atomic E-state index is 13.6. The molecule has 0 saturated carbocycles. The minimum atomic E-state index is 0.0352. The fourth-order valence-electron chi connectivity index (χ4n) is 3.93. The highest BCUT2D eigenvalue weighted by Crippen LogP contribution is 2.34. The minimum Gasteiger partial charge on any atom is -0.481 e. The van der Waals surface area contributed by atoms with E-state index in [4.69, 9.17) is 4.74 Å². The Morgan fingerprint density at radius 1 is 1.19 bits per heavy atom. The highest BCUT2D eigenvalue weighted by Gasteiger charge is 2.34. The van der Waals surface area contributed by atoms with Crippen molar-refractivity contribution < 1.29 is 9.53 Å². The zero-order chi connectivity index (χ0) is 18.3. The van der Waals surface area contributed by atoms with Crippen LogP contribution in [0.25, 0.3) is 10.9 Å². The first-order valence-electron chi connectivity index (χ1n) is 9.00. The van der Waals surface area contributed by atoms with E-state index in [1.54, 1.807) is 13.2 Å². The molecule has 0 fully saturated rings. The van der Waals surface area contributed by atoms with Crippen molar-refractivity contribution in [2.24, 2.45) is 5.92 Å². The molecule has 0 N–H and O–H groups in total. The second kappa shape index (κ2) is 6.48. The second-order valence-electron chi connectivity index (χ2n) is 7.04. The maximum absolute atomic E-state index is 13.6. The van der Waals surface area contributed by atoms with Crippen LogP contribution >= 0.6 is 0 Å². The Bertz CT molecular complexity index is 961. The summed E-state index contributed by atoms with van der Waals surface area (Å²) in [6.07, 6.45) is 2.09. The van der Waals surface area contributed by atoms with Gasteiger partial charge in [0.2, 0.25) is 5.88 Å².